The maximum Gasteiger partial charge on any atom is 0.191 e. The van der Waals surface area contributed by atoms with Gasteiger partial charge in [-0.1, -0.05) is 24.3 Å². The van der Waals surface area contributed by atoms with Gasteiger partial charge in [0.1, 0.15) is 0 Å². The fourth-order valence-corrected chi connectivity index (χ4v) is 2.12. The van der Waals surface area contributed by atoms with E-state index in [4.69, 9.17) is 0 Å². The van der Waals surface area contributed by atoms with E-state index < -0.39 is 0 Å². The normalized spacial score (nSPS) is 11.9. The Balaban J connectivity index is 0.00000242. The first kappa shape index (κ1) is 18.7. The Labute approximate surface area is 149 Å². The molecule has 0 saturated heterocycles. The maximum absolute atomic E-state index is 4.67. The molecule has 22 heavy (non-hydrogen) atoms. The van der Waals surface area contributed by atoms with Crippen molar-refractivity contribution in [3.05, 3.63) is 42.1 Å². The highest BCUT2D eigenvalue weighted by Crippen LogP contribution is 2.16. The molecule has 0 bridgehead atoms. The second-order valence-electron chi connectivity index (χ2n) is 6.06. The Morgan fingerprint density at radius 2 is 1.91 bits per heavy atom. The number of benzene rings is 1. The van der Waals surface area contributed by atoms with E-state index in [1.807, 2.05) is 12.3 Å². The molecule has 0 radical (unpaired) electrons. The number of nitrogens with one attached hydrogen (secondary N) is 2. The van der Waals surface area contributed by atoms with E-state index in [2.05, 4.69) is 72.6 Å². The van der Waals surface area contributed by atoms with Crippen molar-refractivity contribution in [2.24, 2.45) is 4.99 Å². The van der Waals surface area contributed by atoms with Gasteiger partial charge in [0.05, 0.1) is 12.1 Å². The van der Waals surface area contributed by atoms with E-state index in [9.17, 15) is 0 Å². The largest absolute Gasteiger partial charge is 0.357 e. The van der Waals surface area contributed by atoms with Crippen molar-refractivity contribution in [3.8, 4) is 0 Å². The predicted octanol–water partition coefficient (Wildman–Crippen LogP) is 3.71. The summed E-state index contributed by atoms with van der Waals surface area (Å²) in [6.07, 6.45) is 1.83. The van der Waals surface area contributed by atoms with E-state index in [0.29, 0.717) is 6.54 Å². The maximum atomic E-state index is 4.67. The van der Waals surface area contributed by atoms with Crippen LogP contribution in [0.3, 0.4) is 0 Å². The van der Waals surface area contributed by atoms with E-state index in [1.165, 1.54) is 0 Å². The molecule has 1 aromatic heterocycles. The second-order valence-corrected chi connectivity index (χ2v) is 6.06. The number of halogens is 1. The van der Waals surface area contributed by atoms with Crippen LogP contribution in [-0.2, 0) is 6.54 Å². The Kier molecular flexibility index (Phi) is 7.06. The molecule has 0 aliphatic rings. The lowest BCUT2D eigenvalue weighted by atomic mass is 10.1. The zero-order chi connectivity index (χ0) is 15.3. The number of nitrogens with zero attached hydrogens (tertiary/aromatic N) is 2. The SMILES string of the molecule is CCNC(=NCc1cccc2cccnc12)NC(C)(C)C.I. The van der Waals surface area contributed by atoms with Crippen LogP contribution in [0.2, 0.25) is 0 Å². The number of fused-ring (bicyclic) bond motifs is 1. The molecular formula is C17H25IN4. The summed E-state index contributed by atoms with van der Waals surface area (Å²) in [5.41, 5.74) is 2.15. The Morgan fingerprint density at radius 1 is 1.18 bits per heavy atom. The summed E-state index contributed by atoms with van der Waals surface area (Å²) < 4.78 is 0. The van der Waals surface area contributed by atoms with E-state index in [0.717, 1.165) is 29.0 Å². The third-order valence-corrected chi connectivity index (χ3v) is 2.96. The molecule has 2 rings (SSSR count). The minimum atomic E-state index is -0.0159. The fraction of sp³-hybridized carbons (Fsp3) is 0.412. The van der Waals surface area contributed by atoms with Crippen LogP contribution in [0.4, 0.5) is 0 Å². The number of para-hydroxylation sites is 1. The first-order valence-corrected chi connectivity index (χ1v) is 7.39. The van der Waals surface area contributed by atoms with E-state index in [-0.39, 0.29) is 29.5 Å². The summed E-state index contributed by atoms with van der Waals surface area (Å²) in [6.45, 7) is 9.90. The van der Waals surface area contributed by atoms with Gasteiger partial charge in [0, 0.05) is 23.7 Å². The molecule has 2 aromatic rings. The zero-order valence-electron chi connectivity index (χ0n) is 13.7. The molecule has 0 aliphatic heterocycles. The first-order chi connectivity index (χ1) is 9.99. The van der Waals surface area contributed by atoms with Crippen LogP contribution in [0.25, 0.3) is 10.9 Å². The summed E-state index contributed by atoms with van der Waals surface area (Å²) in [5.74, 6) is 0.831. The van der Waals surface area contributed by atoms with Gasteiger partial charge in [-0.2, -0.15) is 0 Å². The van der Waals surface area contributed by atoms with Gasteiger partial charge >= 0.3 is 0 Å². The molecule has 4 nitrogen and oxygen atoms in total. The molecule has 1 aromatic carbocycles. The second kappa shape index (κ2) is 8.31. The van der Waals surface area contributed by atoms with Crippen LogP contribution in [0, 0.1) is 0 Å². The molecule has 0 atom stereocenters. The van der Waals surface area contributed by atoms with E-state index in [1.54, 1.807) is 0 Å². The number of pyridine rings is 1. The number of aromatic nitrogens is 1. The molecule has 0 aliphatic carbocycles. The van der Waals surface area contributed by atoms with Crippen LogP contribution >= 0.6 is 24.0 Å². The zero-order valence-corrected chi connectivity index (χ0v) is 16.0. The van der Waals surface area contributed by atoms with Crippen molar-refractivity contribution in [1.82, 2.24) is 15.6 Å². The van der Waals surface area contributed by atoms with Gasteiger partial charge in [-0.25, -0.2) is 4.99 Å². The number of hydrogen-bond acceptors (Lipinski definition) is 2. The lowest BCUT2D eigenvalue weighted by Gasteiger charge is -2.23. The Hall–Kier alpha value is -1.37. The summed E-state index contributed by atoms with van der Waals surface area (Å²) in [6, 6.07) is 10.3. The highest BCUT2D eigenvalue weighted by atomic mass is 127. The average molecular weight is 412 g/mol. The topological polar surface area (TPSA) is 49.3 Å². The summed E-state index contributed by atoms with van der Waals surface area (Å²) in [5, 5.41) is 7.82. The third-order valence-electron chi connectivity index (χ3n) is 2.96. The van der Waals surface area contributed by atoms with Crippen molar-refractivity contribution in [3.63, 3.8) is 0 Å². The highest BCUT2D eigenvalue weighted by molar-refractivity contribution is 14.0. The number of guanidine groups is 1. The number of aliphatic imine (C=N–C) groups is 1. The molecule has 0 unspecified atom stereocenters. The van der Waals surface area contributed by atoms with Crippen molar-refractivity contribution in [2.45, 2.75) is 39.8 Å². The van der Waals surface area contributed by atoms with Crippen LogP contribution in [0.5, 0.6) is 0 Å². The quantitative estimate of drug-likeness (QED) is 0.459. The van der Waals surface area contributed by atoms with Gasteiger partial charge in [-0.3, -0.25) is 4.98 Å². The molecule has 0 spiro atoms. The van der Waals surface area contributed by atoms with Gasteiger partial charge < -0.3 is 10.6 Å². The fourth-order valence-electron chi connectivity index (χ4n) is 2.12. The number of hydrogen-bond donors (Lipinski definition) is 2. The van der Waals surface area contributed by atoms with Gasteiger partial charge in [0.2, 0.25) is 0 Å². The third kappa shape index (κ3) is 5.44. The Morgan fingerprint density at radius 3 is 2.59 bits per heavy atom. The smallest absolute Gasteiger partial charge is 0.191 e. The molecular weight excluding hydrogens is 387 g/mol. The van der Waals surface area contributed by atoms with Crippen LogP contribution in [0.15, 0.2) is 41.5 Å². The first-order valence-electron chi connectivity index (χ1n) is 7.39. The van der Waals surface area contributed by atoms with Crippen molar-refractivity contribution < 1.29 is 0 Å². The minimum absolute atomic E-state index is 0. The molecule has 0 saturated carbocycles. The lowest BCUT2D eigenvalue weighted by molar-refractivity contribution is 0.501. The predicted molar refractivity (Wildman–Crippen MR) is 105 cm³/mol. The van der Waals surface area contributed by atoms with Crippen LogP contribution < -0.4 is 10.6 Å². The molecule has 0 fully saturated rings. The molecule has 2 N–H and O–H groups in total. The van der Waals surface area contributed by atoms with Crippen molar-refractivity contribution >= 4 is 40.8 Å². The van der Waals surface area contributed by atoms with Gasteiger partial charge in [-0.15, -0.1) is 24.0 Å². The lowest BCUT2D eigenvalue weighted by Crippen LogP contribution is -2.47. The highest BCUT2D eigenvalue weighted by Gasteiger charge is 2.11. The summed E-state index contributed by atoms with van der Waals surface area (Å²) in [7, 11) is 0. The van der Waals surface area contributed by atoms with Gasteiger partial charge in [0.15, 0.2) is 5.96 Å². The minimum Gasteiger partial charge on any atom is -0.357 e. The van der Waals surface area contributed by atoms with Crippen LogP contribution in [-0.4, -0.2) is 23.0 Å². The Bertz CT molecular complexity index is 627. The van der Waals surface area contributed by atoms with Crippen molar-refractivity contribution in [2.75, 3.05) is 6.54 Å². The summed E-state index contributed by atoms with van der Waals surface area (Å²) in [4.78, 5) is 9.14. The molecule has 5 heteroatoms. The van der Waals surface area contributed by atoms with Gasteiger partial charge in [-0.05, 0) is 39.3 Å². The standard InChI is InChI=1S/C17H24N4.HI/c1-5-18-16(21-17(2,3)4)20-12-14-9-6-8-13-10-7-11-19-15(13)14;/h6-11H,5,12H2,1-4H3,(H2,18,20,21);1H. The van der Waals surface area contributed by atoms with E-state index >= 15 is 0 Å². The van der Waals surface area contributed by atoms with Gasteiger partial charge in [0.25, 0.3) is 0 Å². The molecule has 120 valence electrons. The monoisotopic (exact) mass is 412 g/mol. The molecule has 0 amide bonds. The number of rotatable bonds is 3. The van der Waals surface area contributed by atoms with Crippen LogP contribution in [0.1, 0.15) is 33.3 Å². The van der Waals surface area contributed by atoms with Crippen molar-refractivity contribution in [1.29, 1.82) is 0 Å². The molecule has 1 heterocycles. The summed E-state index contributed by atoms with van der Waals surface area (Å²) >= 11 is 0. The average Bonchev–Trinajstić information content (AvgIpc) is 2.43.